The van der Waals surface area contributed by atoms with Gasteiger partial charge in [0.1, 0.15) is 5.75 Å². The van der Waals surface area contributed by atoms with Crippen LogP contribution in [0.5, 0.6) is 5.75 Å². The van der Waals surface area contributed by atoms with E-state index in [-0.39, 0.29) is 0 Å². The van der Waals surface area contributed by atoms with Crippen molar-refractivity contribution in [1.82, 2.24) is 9.55 Å². The second kappa shape index (κ2) is 7.36. The summed E-state index contributed by atoms with van der Waals surface area (Å²) in [6.07, 6.45) is 0. The van der Waals surface area contributed by atoms with Crippen molar-refractivity contribution in [3.05, 3.63) is 36.4 Å². The van der Waals surface area contributed by atoms with Crippen LogP contribution in [0.25, 0.3) is 32.4 Å². The Morgan fingerprint density at radius 2 is 1.89 bits per heavy atom. The Morgan fingerprint density at radius 3 is 2.57 bits per heavy atom. The first kappa shape index (κ1) is 18.6. The Balaban J connectivity index is 1.89. The summed E-state index contributed by atoms with van der Waals surface area (Å²) in [4.78, 5) is 7.17. The monoisotopic (exact) mass is 394 g/mol. The Bertz CT molecular complexity index is 1140. The van der Waals surface area contributed by atoms with Gasteiger partial charge in [-0.1, -0.05) is 17.4 Å². The van der Waals surface area contributed by atoms with E-state index >= 15 is 0 Å². The maximum atomic E-state index is 6.59. The average Bonchev–Trinajstić information content (AvgIpc) is 3.26. The van der Waals surface area contributed by atoms with Crippen LogP contribution in [0, 0.1) is 0 Å². The highest BCUT2D eigenvalue weighted by Gasteiger charge is 2.18. The van der Waals surface area contributed by atoms with Gasteiger partial charge in [-0.05, 0) is 45.0 Å². The molecular weight excluding hydrogens is 368 g/mol. The van der Waals surface area contributed by atoms with Gasteiger partial charge >= 0.3 is 0 Å². The maximum absolute atomic E-state index is 6.59. The van der Waals surface area contributed by atoms with Crippen LogP contribution in [0.1, 0.15) is 20.8 Å². The summed E-state index contributed by atoms with van der Waals surface area (Å²) in [7, 11) is 1.69. The molecule has 0 amide bonds. The van der Waals surface area contributed by atoms with Gasteiger partial charge < -0.3 is 19.9 Å². The van der Waals surface area contributed by atoms with Crippen LogP contribution in [-0.2, 0) is 6.54 Å². The molecule has 2 N–H and O–H groups in total. The third kappa shape index (κ3) is 2.88. The molecule has 0 saturated carbocycles. The molecule has 146 valence electrons. The minimum Gasteiger partial charge on any atom is -0.497 e. The topological polar surface area (TPSA) is 56.3 Å². The normalized spacial score (nSPS) is 11.4. The highest BCUT2D eigenvalue weighted by molar-refractivity contribution is 7.22. The first-order valence-corrected chi connectivity index (χ1v) is 10.5. The number of nitrogens with two attached hydrogens (primary N) is 1. The Kier molecular flexibility index (Phi) is 4.89. The van der Waals surface area contributed by atoms with E-state index in [9.17, 15) is 0 Å². The Labute approximate surface area is 169 Å². The molecule has 28 heavy (non-hydrogen) atoms. The van der Waals surface area contributed by atoms with Crippen LogP contribution in [0.4, 0.5) is 10.8 Å². The number of anilines is 2. The largest absolute Gasteiger partial charge is 0.497 e. The van der Waals surface area contributed by atoms with E-state index in [2.05, 4.69) is 54.5 Å². The molecule has 4 aromatic rings. The molecule has 0 aliphatic carbocycles. The standard InChI is InChI=1S/C22H26N4OS/c1-5-25(6-2)22-24-17-12-14(8-11-19(17)28-22)21-20(23)16-10-9-15(27-4)13-18(16)26(21)7-3/h8-13H,5-7,23H2,1-4H3. The minimum atomic E-state index is 0.804. The smallest absolute Gasteiger partial charge is 0.186 e. The van der Waals surface area contributed by atoms with Gasteiger partial charge in [0, 0.05) is 36.7 Å². The highest BCUT2D eigenvalue weighted by Crippen LogP contribution is 2.39. The second-order valence-corrected chi connectivity index (χ2v) is 7.75. The summed E-state index contributed by atoms with van der Waals surface area (Å²) in [5.41, 5.74) is 11.7. The third-order valence-electron chi connectivity index (χ3n) is 5.31. The quantitative estimate of drug-likeness (QED) is 0.477. The van der Waals surface area contributed by atoms with E-state index in [1.807, 2.05) is 12.1 Å². The Morgan fingerprint density at radius 1 is 1.11 bits per heavy atom. The van der Waals surface area contributed by atoms with Crippen LogP contribution in [0.2, 0.25) is 0 Å². The fourth-order valence-corrected chi connectivity index (χ4v) is 4.89. The average molecular weight is 395 g/mol. The molecule has 2 aromatic carbocycles. The van der Waals surface area contributed by atoms with Gasteiger partial charge in [-0.2, -0.15) is 0 Å². The van der Waals surface area contributed by atoms with Crippen LogP contribution < -0.4 is 15.4 Å². The lowest BCUT2D eigenvalue weighted by atomic mass is 10.1. The summed E-state index contributed by atoms with van der Waals surface area (Å²) in [5, 5.41) is 2.13. The molecular formula is C22H26N4OS. The number of benzene rings is 2. The number of rotatable bonds is 6. The molecule has 0 spiro atoms. The van der Waals surface area contributed by atoms with Crippen molar-refractivity contribution in [2.24, 2.45) is 0 Å². The lowest BCUT2D eigenvalue weighted by molar-refractivity contribution is 0.415. The second-order valence-electron chi connectivity index (χ2n) is 6.74. The van der Waals surface area contributed by atoms with E-state index in [1.54, 1.807) is 18.4 Å². The van der Waals surface area contributed by atoms with Crippen molar-refractivity contribution in [3.8, 4) is 17.0 Å². The maximum Gasteiger partial charge on any atom is 0.186 e. The van der Waals surface area contributed by atoms with Gasteiger partial charge in [-0.25, -0.2) is 4.98 Å². The van der Waals surface area contributed by atoms with E-state index in [0.717, 1.165) is 63.9 Å². The number of fused-ring (bicyclic) bond motifs is 2. The number of aryl methyl sites for hydroxylation is 1. The highest BCUT2D eigenvalue weighted by atomic mass is 32.1. The van der Waals surface area contributed by atoms with Crippen molar-refractivity contribution in [2.45, 2.75) is 27.3 Å². The van der Waals surface area contributed by atoms with Crippen molar-refractivity contribution in [3.63, 3.8) is 0 Å². The number of hydrogen-bond donors (Lipinski definition) is 1. The summed E-state index contributed by atoms with van der Waals surface area (Å²) in [6, 6.07) is 12.5. The van der Waals surface area contributed by atoms with Crippen molar-refractivity contribution in [2.75, 3.05) is 30.8 Å². The Hall–Kier alpha value is -2.73. The SMILES string of the molecule is CCN(CC)c1nc2cc(-c3c(N)c4ccc(OC)cc4n3CC)ccc2s1. The van der Waals surface area contributed by atoms with Gasteiger partial charge in [0.2, 0.25) is 0 Å². The molecule has 4 rings (SSSR count). The number of thiazole rings is 1. The molecule has 0 unspecified atom stereocenters. The van der Waals surface area contributed by atoms with E-state index in [1.165, 1.54) is 4.70 Å². The number of hydrogen-bond acceptors (Lipinski definition) is 5. The number of aromatic nitrogens is 2. The molecule has 6 heteroatoms. The van der Waals surface area contributed by atoms with Gasteiger partial charge in [0.15, 0.2) is 5.13 Å². The lowest BCUT2D eigenvalue weighted by Gasteiger charge is -2.16. The molecule has 0 fully saturated rings. The molecule has 2 aromatic heterocycles. The van der Waals surface area contributed by atoms with Crippen LogP contribution in [0.3, 0.4) is 0 Å². The van der Waals surface area contributed by atoms with Gasteiger partial charge in [-0.15, -0.1) is 0 Å². The zero-order valence-electron chi connectivity index (χ0n) is 16.8. The predicted molar refractivity (Wildman–Crippen MR) is 121 cm³/mol. The van der Waals surface area contributed by atoms with Crippen molar-refractivity contribution >= 4 is 43.3 Å². The summed E-state index contributed by atoms with van der Waals surface area (Å²) >= 11 is 1.74. The molecule has 0 bridgehead atoms. The zero-order chi connectivity index (χ0) is 19.8. The van der Waals surface area contributed by atoms with E-state index in [4.69, 9.17) is 15.5 Å². The molecule has 0 aliphatic rings. The van der Waals surface area contributed by atoms with Gasteiger partial charge in [-0.3, -0.25) is 0 Å². The fraction of sp³-hybridized carbons (Fsp3) is 0.318. The lowest BCUT2D eigenvalue weighted by Crippen LogP contribution is -2.21. The first-order valence-electron chi connectivity index (χ1n) is 9.72. The molecule has 0 aliphatic heterocycles. The van der Waals surface area contributed by atoms with Crippen LogP contribution >= 0.6 is 11.3 Å². The first-order chi connectivity index (χ1) is 13.6. The van der Waals surface area contributed by atoms with Crippen molar-refractivity contribution < 1.29 is 4.74 Å². The van der Waals surface area contributed by atoms with Crippen LogP contribution in [0.15, 0.2) is 36.4 Å². The number of methoxy groups -OCH3 is 1. The molecule has 0 saturated heterocycles. The fourth-order valence-electron chi connectivity index (χ4n) is 3.81. The van der Waals surface area contributed by atoms with E-state index in [0.29, 0.717) is 0 Å². The van der Waals surface area contributed by atoms with Crippen LogP contribution in [-0.4, -0.2) is 29.8 Å². The summed E-state index contributed by atoms with van der Waals surface area (Å²) < 4.78 is 8.87. The third-order valence-corrected chi connectivity index (χ3v) is 6.41. The van der Waals surface area contributed by atoms with E-state index < -0.39 is 0 Å². The molecule has 0 atom stereocenters. The number of nitrogen functional groups attached to an aromatic ring is 1. The molecule has 5 nitrogen and oxygen atoms in total. The molecule has 0 radical (unpaired) electrons. The van der Waals surface area contributed by atoms with Gasteiger partial charge in [0.05, 0.1) is 34.2 Å². The number of ether oxygens (including phenoxy) is 1. The van der Waals surface area contributed by atoms with Crippen molar-refractivity contribution in [1.29, 1.82) is 0 Å². The minimum absolute atomic E-state index is 0.804. The molecule has 2 heterocycles. The zero-order valence-corrected chi connectivity index (χ0v) is 17.6. The number of nitrogens with zero attached hydrogens (tertiary/aromatic N) is 3. The van der Waals surface area contributed by atoms with Gasteiger partial charge in [0.25, 0.3) is 0 Å². The predicted octanol–water partition coefficient (Wildman–Crippen LogP) is 5.37. The summed E-state index contributed by atoms with van der Waals surface area (Å²) in [6.45, 7) is 9.22. The summed E-state index contributed by atoms with van der Waals surface area (Å²) in [5.74, 6) is 0.838.